The summed E-state index contributed by atoms with van der Waals surface area (Å²) in [5.74, 6) is -2.10. The quantitative estimate of drug-likeness (QED) is 0.0853. The molecule has 4 aromatic heterocycles. The number of aromatic nitrogens is 8. The number of hydrogen-bond donors (Lipinski definition) is 4. The molecular formula is C26H40Cl2Cu2N10O14. The van der Waals surface area contributed by atoms with Gasteiger partial charge in [0.2, 0.25) is 0 Å². The van der Waals surface area contributed by atoms with Crippen LogP contribution in [-0.2, 0) is 69.9 Å². The summed E-state index contributed by atoms with van der Waals surface area (Å²) in [6.45, 7) is 10.9. The van der Waals surface area contributed by atoms with Crippen LogP contribution in [0.15, 0.2) is 25.3 Å². The van der Waals surface area contributed by atoms with Gasteiger partial charge in [-0.05, 0) is 40.5 Å². The van der Waals surface area contributed by atoms with E-state index >= 15 is 0 Å². The molecule has 0 bridgehead atoms. The first-order valence-electron chi connectivity index (χ1n) is 14.2. The fourth-order valence-corrected chi connectivity index (χ4v) is 3.96. The third-order valence-corrected chi connectivity index (χ3v) is 6.50. The van der Waals surface area contributed by atoms with Gasteiger partial charge in [0.05, 0.1) is 48.1 Å². The number of carboxylic acids is 2. The maximum atomic E-state index is 10.7. The van der Waals surface area contributed by atoms with Gasteiger partial charge in [0.1, 0.15) is 0 Å². The molecule has 0 aliphatic rings. The molecule has 28 heteroatoms. The van der Waals surface area contributed by atoms with Crippen molar-refractivity contribution in [1.29, 1.82) is 0 Å². The van der Waals surface area contributed by atoms with Crippen molar-refractivity contribution >= 4 is 11.9 Å². The van der Waals surface area contributed by atoms with Crippen molar-refractivity contribution in [3.8, 4) is 0 Å². The van der Waals surface area contributed by atoms with Gasteiger partial charge >= 0.3 is 34.1 Å². The number of carbonyl (C=O) groups excluding carboxylic acids is 2. The number of halogens is 2. The van der Waals surface area contributed by atoms with Gasteiger partial charge in [-0.25, -0.2) is 57.2 Å². The fraction of sp³-hybridized carbons (Fsp3) is 0.462. The van der Waals surface area contributed by atoms with Gasteiger partial charge in [0, 0.05) is 74.0 Å². The molecule has 0 saturated carbocycles. The van der Waals surface area contributed by atoms with Gasteiger partial charge in [-0.3, -0.25) is 9.80 Å². The van der Waals surface area contributed by atoms with Crippen molar-refractivity contribution in [3.63, 3.8) is 0 Å². The number of aliphatic carboxylic acids is 2. The van der Waals surface area contributed by atoms with Crippen molar-refractivity contribution < 1.29 is 123 Å². The Hall–Kier alpha value is -3.08. The predicted octanol–water partition coefficient (Wildman–Crippen LogP) is -11.4. The van der Waals surface area contributed by atoms with Gasteiger partial charge in [-0.2, -0.15) is 0 Å². The van der Waals surface area contributed by atoms with Gasteiger partial charge in [0.15, 0.2) is 0 Å². The molecule has 8 N–H and O–H groups in total. The second-order valence-electron chi connectivity index (χ2n) is 10.3. The number of carbonyl (C=O) groups is 2. The summed E-state index contributed by atoms with van der Waals surface area (Å²) in [6, 6.07) is 0. The maximum absolute atomic E-state index is 10.7. The Balaban J connectivity index is -0.000000350. The number of aromatic amines is 4. The molecule has 4 heterocycles. The zero-order valence-corrected chi connectivity index (χ0v) is 32.3. The van der Waals surface area contributed by atoms with Crippen LogP contribution in [0.1, 0.15) is 58.4 Å². The minimum absolute atomic E-state index is 0. The topological polar surface area (TPSA) is 449 Å². The monoisotopic (exact) mass is 912 g/mol. The van der Waals surface area contributed by atoms with Crippen LogP contribution in [0.5, 0.6) is 0 Å². The molecule has 0 atom stereocenters. The summed E-state index contributed by atoms with van der Waals surface area (Å²) >= 11 is 0. The van der Waals surface area contributed by atoms with E-state index in [-0.39, 0.29) is 57.9 Å². The minimum Gasteiger partial charge on any atom is -0.550 e. The van der Waals surface area contributed by atoms with Crippen molar-refractivity contribution in [2.24, 2.45) is 0 Å². The number of hydrogen-bond acceptors (Lipinski definition) is 18. The van der Waals surface area contributed by atoms with Crippen molar-refractivity contribution in [2.75, 3.05) is 13.1 Å². The van der Waals surface area contributed by atoms with Crippen LogP contribution in [0.3, 0.4) is 0 Å². The molecule has 0 spiro atoms. The van der Waals surface area contributed by atoms with Gasteiger partial charge in [-0.1, -0.05) is 0 Å². The van der Waals surface area contributed by atoms with Crippen LogP contribution in [0, 0.1) is 48.2 Å². The van der Waals surface area contributed by atoms with Crippen LogP contribution < -0.4 is 47.5 Å². The molecule has 24 nitrogen and oxygen atoms in total. The van der Waals surface area contributed by atoms with E-state index < -0.39 is 32.4 Å². The Morgan fingerprint density at radius 3 is 0.833 bits per heavy atom. The molecule has 4 rings (SSSR count). The molecule has 0 saturated heterocycles. The molecule has 314 valence electrons. The number of rotatable bonds is 14. The maximum Gasteiger partial charge on any atom is 2.00 e. The van der Waals surface area contributed by atoms with Crippen molar-refractivity contribution in [2.45, 2.75) is 66.7 Å². The fourth-order valence-electron chi connectivity index (χ4n) is 3.96. The van der Waals surface area contributed by atoms with Crippen LogP contribution in [0.4, 0.5) is 0 Å². The number of aryl methyl sites for hydroxylation is 4. The average Bonchev–Trinajstić information content (AvgIpc) is 3.77. The summed E-state index contributed by atoms with van der Waals surface area (Å²) in [6.07, 6.45) is 6.55. The third-order valence-electron chi connectivity index (χ3n) is 6.50. The largest absolute Gasteiger partial charge is 2.00 e. The Morgan fingerprint density at radius 1 is 0.519 bits per heavy atom. The van der Waals surface area contributed by atoms with E-state index in [2.05, 4.69) is 39.9 Å². The second kappa shape index (κ2) is 28.3. The van der Waals surface area contributed by atoms with Crippen LogP contribution in [0.2, 0.25) is 0 Å². The molecule has 2 radical (unpaired) electrons. The first-order chi connectivity index (χ1) is 23.1. The predicted molar refractivity (Wildman–Crippen MR) is 148 cm³/mol. The van der Waals surface area contributed by atoms with E-state index in [0.717, 1.165) is 45.6 Å². The Bertz CT molecular complexity index is 1370. The van der Waals surface area contributed by atoms with Crippen LogP contribution in [-0.4, -0.2) is 85.7 Å². The summed E-state index contributed by atoms with van der Waals surface area (Å²) in [5, 5.41) is 21.3. The van der Waals surface area contributed by atoms with Crippen LogP contribution >= 0.6 is 0 Å². The average molecular weight is 915 g/mol. The number of imidazole rings is 4. The van der Waals surface area contributed by atoms with Gasteiger partial charge < -0.3 is 50.7 Å². The van der Waals surface area contributed by atoms with Crippen LogP contribution in [0.25, 0.3) is 0 Å². The Morgan fingerprint density at radius 2 is 0.704 bits per heavy atom. The summed E-state index contributed by atoms with van der Waals surface area (Å²) in [5.41, 5.74) is 7.61. The summed E-state index contributed by atoms with van der Waals surface area (Å²) in [7, 11) is -9.89. The normalized spacial score (nSPS) is 10.5. The summed E-state index contributed by atoms with van der Waals surface area (Å²) in [4.78, 5) is 54.4. The van der Waals surface area contributed by atoms with E-state index in [1.165, 1.54) is 0 Å². The first-order valence-corrected chi connectivity index (χ1v) is 16.6. The van der Waals surface area contributed by atoms with Gasteiger partial charge in [0.25, 0.3) is 0 Å². The van der Waals surface area contributed by atoms with Crippen molar-refractivity contribution in [1.82, 2.24) is 49.7 Å². The SMILES string of the molecule is Cc1[nH]cnc1CN(CCC(=O)[O-])Cc1nc[nH]c1C.Cc1[nH]cnc1CN(CCC(=O)[O-])Cc1nc[nH]c1C.O.O.[Cu+2].[Cu+2].[O-][Cl+3]([O-])([O-])[O-].[O-][Cl+3]([O-])([O-])[O-]. The Labute approximate surface area is 333 Å². The molecule has 0 aliphatic carbocycles. The molecule has 54 heavy (non-hydrogen) atoms. The molecule has 0 aliphatic heterocycles. The number of nitrogens with one attached hydrogen (secondary N) is 4. The summed E-state index contributed by atoms with van der Waals surface area (Å²) < 4.78 is 67.9. The number of H-pyrrole nitrogens is 4. The Kier molecular flexibility index (Phi) is 30.3. The van der Waals surface area contributed by atoms with E-state index in [0.29, 0.717) is 39.3 Å². The minimum atomic E-state index is -4.94. The molecule has 0 unspecified atom stereocenters. The zero-order valence-electron chi connectivity index (χ0n) is 28.9. The van der Waals surface area contributed by atoms with E-state index in [4.69, 9.17) is 37.3 Å². The van der Waals surface area contributed by atoms with E-state index in [1.54, 1.807) is 25.3 Å². The van der Waals surface area contributed by atoms with E-state index in [1.807, 2.05) is 37.5 Å². The zero-order chi connectivity index (χ0) is 38.1. The second-order valence-corrected chi connectivity index (χ2v) is 11.8. The number of carboxylic acid groups (broad SMARTS) is 2. The molecular weight excluding hydrogens is 874 g/mol. The smallest absolute Gasteiger partial charge is 0.550 e. The molecule has 4 aromatic rings. The molecule has 0 amide bonds. The van der Waals surface area contributed by atoms with E-state index in [9.17, 15) is 19.8 Å². The van der Waals surface area contributed by atoms with Crippen molar-refractivity contribution in [3.05, 3.63) is 70.9 Å². The standard InChI is InChI=1S/2C13H19N5O2.2ClHO4.2Cu.2H2O/c2*1-9-11(16-7-14-9)5-18(4-3-13(19)20)6-12-10(2)15-8-17-12;2*2-1(3,4)5;;;;/h2*7-8H,3-6H2,1-2H3,(H,14,16)(H,15,17)(H,19,20);2*(H,2,3,4,5);;;2*1H2/q;;;;2*+2;;/p-4. The number of nitrogens with zero attached hydrogens (tertiary/aromatic N) is 6. The molecule has 0 aromatic carbocycles. The molecule has 0 fully saturated rings. The van der Waals surface area contributed by atoms with Gasteiger partial charge in [-0.15, -0.1) is 20.5 Å². The first kappa shape index (κ1) is 57.6. The third kappa shape index (κ3) is 28.4.